The second-order valence-electron chi connectivity index (χ2n) is 6.99. The number of benzene rings is 1. The van der Waals surface area contributed by atoms with Crippen LogP contribution in [-0.4, -0.2) is 50.4 Å². The highest BCUT2D eigenvalue weighted by Crippen LogP contribution is 2.32. The van der Waals surface area contributed by atoms with E-state index in [1.807, 2.05) is 0 Å². The first-order valence-electron chi connectivity index (χ1n) is 8.90. The Kier molecular flexibility index (Phi) is 7.29. The molecule has 1 N–H and O–H groups in total. The van der Waals surface area contributed by atoms with Crippen molar-refractivity contribution < 1.29 is 19.1 Å². The van der Waals surface area contributed by atoms with Crippen molar-refractivity contribution in [2.24, 2.45) is 11.8 Å². The van der Waals surface area contributed by atoms with Crippen molar-refractivity contribution in [1.82, 2.24) is 4.90 Å². The number of nitrogens with zero attached hydrogens (tertiary/aromatic N) is 1. The largest absolute Gasteiger partial charge is 0.493 e. The van der Waals surface area contributed by atoms with Crippen molar-refractivity contribution in [1.29, 1.82) is 0 Å². The molecule has 1 aromatic rings. The molecule has 6 nitrogen and oxygen atoms in total. The highest BCUT2D eigenvalue weighted by molar-refractivity contribution is 6.08. The number of ether oxygens (including phenoxy) is 2. The van der Waals surface area contributed by atoms with Crippen molar-refractivity contribution in [3.05, 3.63) is 18.2 Å². The maximum atomic E-state index is 12.3. The van der Waals surface area contributed by atoms with Gasteiger partial charge in [0.05, 0.1) is 19.6 Å². The van der Waals surface area contributed by atoms with Crippen molar-refractivity contribution >= 4 is 29.8 Å². The highest BCUT2D eigenvalue weighted by atomic mass is 35.5. The number of nitrogens with one attached hydrogen (secondary N) is 1. The molecule has 0 radical (unpaired) electrons. The van der Waals surface area contributed by atoms with E-state index in [1.54, 1.807) is 25.3 Å². The van der Waals surface area contributed by atoms with Crippen molar-refractivity contribution in [3.63, 3.8) is 0 Å². The molecule has 2 atom stereocenters. The van der Waals surface area contributed by atoms with Gasteiger partial charge in [0.25, 0.3) is 0 Å². The van der Waals surface area contributed by atoms with Gasteiger partial charge in [-0.1, -0.05) is 0 Å². The lowest BCUT2D eigenvalue weighted by Gasteiger charge is -2.16. The number of ketones is 1. The molecule has 2 aliphatic rings. The summed E-state index contributed by atoms with van der Waals surface area (Å²) >= 11 is 0. The van der Waals surface area contributed by atoms with E-state index < -0.39 is 5.92 Å². The Morgan fingerprint density at radius 1 is 1.31 bits per heavy atom. The number of methoxy groups -OCH3 is 1. The number of rotatable bonds is 6. The molecule has 1 heterocycles. The van der Waals surface area contributed by atoms with Crippen LogP contribution in [0.3, 0.4) is 0 Å². The molecule has 7 heteroatoms. The van der Waals surface area contributed by atoms with Crippen LogP contribution in [0, 0.1) is 11.8 Å². The molecule has 1 aliphatic carbocycles. The molecule has 26 heavy (non-hydrogen) atoms. The number of carbonyl (C=O) groups excluding carboxylic acids is 2. The molecule has 0 aromatic heterocycles. The third-order valence-electron chi connectivity index (χ3n) is 5.02. The number of likely N-dealkylation sites (tertiary alicyclic amines) is 1. The van der Waals surface area contributed by atoms with Gasteiger partial charge >= 0.3 is 0 Å². The summed E-state index contributed by atoms with van der Waals surface area (Å²) in [7, 11) is 3.71. The van der Waals surface area contributed by atoms with Crippen LogP contribution in [0.5, 0.6) is 11.5 Å². The standard InChI is InChI=1S/C19H26N2O4.ClH/c1-21-9-8-13(11-21)12-25-18-10-14(6-7-17(18)24-2)20-19(23)15-4-3-5-16(15)22;/h6-7,10,13,15H,3-5,8-9,11-12H2,1-2H3,(H,20,23);1H. The van der Waals surface area contributed by atoms with Crippen molar-refractivity contribution in [2.75, 3.05) is 39.2 Å². The van der Waals surface area contributed by atoms with Crippen LogP contribution in [0.15, 0.2) is 18.2 Å². The van der Waals surface area contributed by atoms with Crippen molar-refractivity contribution in [3.8, 4) is 11.5 Å². The fourth-order valence-electron chi connectivity index (χ4n) is 3.56. The molecule has 2 fully saturated rings. The third-order valence-corrected chi connectivity index (χ3v) is 5.02. The van der Waals surface area contributed by atoms with E-state index in [-0.39, 0.29) is 24.1 Å². The molecule has 1 saturated heterocycles. The summed E-state index contributed by atoms with van der Waals surface area (Å²) in [6.45, 7) is 2.75. The Balaban J connectivity index is 0.00000243. The Morgan fingerprint density at radius 2 is 2.12 bits per heavy atom. The van der Waals surface area contributed by atoms with Gasteiger partial charge in [-0.15, -0.1) is 12.4 Å². The van der Waals surface area contributed by atoms with Gasteiger partial charge < -0.3 is 19.7 Å². The van der Waals surface area contributed by atoms with Gasteiger partial charge in [-0.05, 0) is 45.0 Å². The number of halogens is 1. The molecule has 1 aliphatic heterocycles. The zero-order chi connectivity index (χ0) is 17.8. The average Bonchev–Trinajstić information content (AvgIpc) is 3.21. The Hall–Kier alpha value is -1.79. The summed E-state index contributed by atoms with van der Waals surface area (Å²) in [5, 5.41) is 2.84. The molecule has 1 aromatic carbocycles. The van der Waals surface area contributed by atoms with Crippen LogP contribution in [0.4, 0.5) is 5.69 Å². The van der Waals surface area contributed by atoms with Crippen LogP contribution < -0.4 is 14.8 Å². The number of anilines is 1. The first-order valence-corrected chi connectivity index (χ1v) is 8.90. The summed E-state index contributed by atoms with van der Waals surface area (Å²) in [6.07, 6.45) is 3.06. The number of hydrogen-bond acceptors (Lipinski definition) is 5. The van der Waals surface area contributed by atoms with Gasteiger partial charge in [0.1, 0.15) is 5.78 Å². The smallest absolute Gasteiger partial charge is 0.234 e. The molecular formula is C19H27ClN2O4. The minimum Gasteiger partial charge on any atom is -0.493 e. The lowest BCUT2D eigenvalue weighted by atomic mass is 10.1. The van der Waals surface area contributed by atoms with Gasteiger partial charge in [-0.3, -0.25) is 9.59 Å². The lowest BCUT2D eigenvalue weighted by Crippen LogP contribution is -2.25. The molecule has 2 unspecified atom stereocenters. The van der Waals surface area contributed by atoms with Gasteiger partial charge in [-0.25, -0.2) is 0 Å². The molecule has 1 amide bonds. The lowest BCUT2D eigenvalue weighted by molar-refractivity contribution is -0.129. The maximum absolute atomic E-state index is 12.3. The first kappa shape index (κ1) is 20.5. The molecule has 1 saturated carbocycles. The highest BCUT2D eigenvalue weighted by Gasteiger charge is 2.31. The number of amides is 1. The quantitative estimate of drug-likeness (QED) is 0.766. The van der Waals surface area contributed by atoms with Crippen LogP contribution in [-0.2, 0) is 9.59 Å². The van der Waals surface area contributed by atoms with E-state index in [1.165, 1.54) is 0 Å². The predicted octanol–water partition coefficient (Wildman–Crippen LogP) is 2.76. The Labute approximate surface area is 160 Å². The number of Topliss-reactive ketones (excluding diaryl/α,β-unsaturated/α-hetero) is 1. The van der Waals surface area contributed by atoms with Crippen LogP contribution in [0.25, 0.3) is 0 Å². The van der Waals surface area contributed by atoms with E-state index >= 15 is 0 Å². The second-order valence-corrected chi connectivity index (χ2v) is 6.99. The summed E-state index contributed by atoms with van der Waals surface area (Å²) < 4.78 is 11.3. The molecule has 3 rings (SSSR count). The van der Waals surface area contributed by atoms with E-state index in [9.17, 15) is 9.59 Å². The minimum absolute atomic E-state index is 0. The van der Waals surface area contributed by atoms with E-state index in [4.69, 9.17) is 9.47 Å². The predicted molar refractivity (Wildman–Crippen MR) is 102 cm³/mol. The SMILES string of the molecule is COc1ccc(NC(=O)C2CCCC2=O)cc1OCC1CCN(C)C1.Cl. The topological polar surface area (TPSA) is 67.9 Å². The summed E-state index contributed by atoms with van der Waals surface area (Å²) in [6, 6.07) is 5.32. The van der Waals surface area contributed by atoms with Crippen molar-refractivity contribution in [2.45, 2.75) is 25.7 Å². The normalized spacial score (nSPS) is 22.8. The maximum Gasteiger partial charge on any atom is 0.234 e. The molecule has 0 spiro atoms. The third kappa shape index (κ3) is 4.89. The molecule has 0 bridgehead atoms. The molecule has 144 valence electrons. The summed E-state index contributed by atoms with van der Waals surface area (Å²) in [5.74, 6) is 1.06. The zero-order valence-corrected chi connectivity index (χ0v) is 16.1. The van der Waals surface area contributed by atoms with Gasteiger partial charge in [-0.2, -0.15) is 0 Å². The van der Waals surface area contributed by atoms with Crippen LogP contribution >= 0.6 is 12.4 Å². The zero-order valence-electron chi connectivity index (χ0n) is 15.3. The second kappa shape index (κ2) is 9.24. The minimum atomic E-state index is -0.513. The Bertz CT molecular complexity index is 652. The van der Waals surface area contributed by atoms with Gasteiger partial charge in [0.2, 0.25) is 5.91 Å². The fraction of sp³-hybridized carbons (Fsp3) is 0.579. The average molecular weight is 383 g/mol. The molecular weight excluding hydrogens is 356 g/mol. The van der Waals surface area contributed by atoms with Gasteiger partial charge in [0, 0.05) is 30.6 Å². The Morgan fingerprint density at radius 3 is 2.73 bits per heavy atom. The number of carbonyl (C=O) groups is 2. The summed E-state index contributed by atoms with van der Waals surface area (Å²) in [4.78, 5) is 26.3. The fourth-order valence-corrected chi connectivity index (χ4v) is 3.56. The monoisotopic (exact) mass is 382 g/mol. The number of hydrogen-bond donors (Lipinski definition) is 1. The summed E-state index contributed by atoms with van der Waals surface area (Å²) in [5.41, 5.74) is 0.629. The van der Waals surface area contributed by atoms with E-state index in [2.05, 4.69) is 17.3 Å². The van der Waals surface area contributed by atoms with Crippen LogP contribution in [0.2, 0.25) is 0 Å². The van der Waals surface area contributed by atoms with Gasteiger partial charge in [0.15, 0.2) is 11.5 Å². The van der Waals surface area contributed by atoms with Crippen LogP contribution in [0.1, 0.15) is 25.7 Å². The first-order chi connectivity index (χ1) is 12.1. The van der Waals surface area contributed by atoms with E-state index in [0.717, 1.165) is 25.9 Å². The van der Waals surface area contributed by atoms with E-state index in [0.29, 0.717) is 42.6 Å².